The zero-order valence-corrected chi connectivity index (χ0v) is 9.58. The third-order valence-electron chi connectivity index (χ3n) is 2.41. The molecule has 0 unspecified atom stereocenters. The number of benzene rings is 1. The summed E-state index contributed by atoms with van der Waals surface area (Å²) in [5.74, 6) is -1.85. The molecule has 1 aromatic carbocycles. The van der Waals surface area contributed by atoms with E-state index in [-0.39, 0.29) is 5.56 Å². The van der Waals surface area contributed by atoms with Crippen LogP contribution in [-0.4, -0.2) is 10.9 Å². The SMILES string of the molecule is Cc1cccnc1NC(=O)c1cc(F)ccc1F. The smallest absolute Gasteiger partial charge is 0.259 e. The number of nitrogens with zero attached hydrogens (tertiary/aromatic N) is 1. The minimum Gasteiger partial charge on any atom is -0.306 e. The van der Waals surface area contributed by atoms with Crippen LogP contribution in [0.4, 0.5) is 14.6 Å². The lowest BCUT2D eigenvalue weighted by atomic mass is 10.2. The molecular formula is C13H10F2N2O. The zero-order chi connectivity index (χ0) is 13.1. The van der Waals surface area contributed by atoms with Crippen molar-refractivity contribution in [2.45, 2.75) is 6.92 Å². The van der Waals surface area contributed by atoms with Crippen molar-refractivity contribution in [1.82, 2.24) is 4.98 Å². The lowest BCUT2D eigenvalue weighted by molar-refractivity contribution is 0.102. The Labute approximate surface area is 102 Å². The van der Waals surface area contributed by atoms with Crippen LogP contribution >= 0.6 is 0 Å². The van der Waals surface area contributed by atoms with E-state index in [1.54, 1.807) is 19.1 Å². The van der Waals surface area contributed by atoms with Crippen LogP contribution in [-0.2, 0) is 0 Å². The first-order chi connectivity index (χ1) is 8.58. The van der Waals surface area contributed by atoms with Crippen molar-refractivity contribution in [2.24, 2.45) is 0 Å². The number of halogens is 2. The summed E-state index contributed by atoms with van der Waals surface area (Å²) in [6.07, 6.45) is 1.50. The molecule has 2 aromatic rings. The van der Waals surface area contributed by atoms with Crippen molar-refractivity contribution in [2.75, 3.05) is 5.32 Å². The molecule has 3 nitrogen and oxygen atoms in total. The van der Waals surface area contributed by atoms with Gasteiger partial charge in [0.1, 0.15) is 17.5 Å². The molecule has 0 spiro atoms. The number of aryl methyl sites for hydroxylation is 1. The number of amides is 1. The van der Waals surface area contributed by atoms with E-state index in [1.165, 1.54) is 6.20 Å². The molecule has 0 saturated carbocycles. The monoisotopic (exact) mass is 248 g/mol. The minimum atomic E-state index is -0.775. The summed E-state index contributed by atoms with van der Waals surface area (Å²) in [6, 6.07) is 6.19. The van der Waals surface area contributed by atoms with Crippen LogP contribution in [0.25, 0.3) is 0 Å². The van der Waals surface area contributed by atoms with Gasteiger partial charge < -0.3 is 5.32 Å². The molecular weight excluding hydrogens is 238 g/mol. The van der Waals surface area contributed by atoms with Gasteiger partial charge in [0, 0.05) is 6.20 Å². The number of carbonyl (C=O) groups excluding carboxylic acids is 1. The zero-order valence-electron chi connectivity index (χ0n) is 9.58. The first-order valence-electron chi connectivity index (χ1n) is 5.26. The van der Waals surface area contributed by atoms with Gasteiger partial charge in [0.25, 0.3) is 5.91 Å². The topological polar surface area (TPSA) is 42.0 Å². The molecule has 0 saturated heterocycles. The molecule has 0 aliphatic carbocycles. The second-order valence-corrected chi connectivity index (χ2v) is 3.75. The summed E-state index contributed by atoms with van der Waals surface area (Å²) in [5.41, 5.74) is 0.391. The van der Waals surface area contributed by atoms with Gasteiger partial charge in [0.05, 0.1) is 5.56 Å². The number of nitrogens with one attached hydrogen (secondary N) is 1. The number of carbonyl (C=O) groups is 1. The molecule has 5 heteroatoms. The number of hydrogen-bond acceptors (Lipinski definition) is 2. The van der Waals surface area contributed by atoms with Gasteiger partial charge in [-0.1, -0.05) is 6.07 Å². The predicted octanol–water partition coefficient (Wildman–Crippen LogP) is 2.92. The molecule has 18 heavy (non-hydrogen) atoms. The van der Waals surface area contributed by atoms with E-state index in [1.807, 2.05) is 0 Å². The van der Waals surface area contributed by atoms with Gasteiger partial charge in [-0.3, -0.25) is 4.79 Å². The number of aromatic nitrogens is 1. The number of pyridine rings is 1. The molecule has 0 aliphatic rings. The molecule has 0 aliphatic heterocycles. The summed E-state index contributed by atoms with van der Waals surface area (Å²) in [4.78, 5) is 15.7. The average molecular weight is 248 g/mol. The second kappa shape index (κ2) is 4.91. The molecule has 1 heterocycles. The molecule has 1 N–H and O–H groups in total. The summed E-state index contributed by atoms with van der Waals surface area (Å²) >= 11 is 0. The number of rotatable bonds is 2. The highest BCUT2D eigenvalue weighted by Crippen LogP contribution is 2.14. The Kier molecular flexibility index (Phi) is 3.32. The second-order valence-electron chi connectivity index (χ2n) is 3.75. The highest BCUT2D eigenvalue weighted by atomic mass is 19.1. The molecule has 0 atom stereocenters. The van der Waals surface area contributed by atoms with Crippen molar-refractivity contribution in [3.8, 4) is 0 Å². The van der Waals surface area contributed by atoms with Crippen LogP contribution in [0, 0.1) is 18.6 Å². The van der Waals surface area contributed by atoms with E-state index >= 15 is 0 Å². The first kappa shape index (κ1) is 12.2. The van der Waals surface area contributed by atoms with Crippen LogP contribution in [0.3, 0.4) is 0 Å². The van der Waals surface area contributed by atoms with Crippen LogP contribution in [0.1, 0.15) is 15.9 Å². The Hall–Kier alpha value is -2.30. The van der Waals surface area contributed by atoms with E-state index in [0.29, 0.717) is 5.82 Å². The fourth-order valence-corrected chi connectivity index (χ4v) is 1.46. The van der Waals surface area contributed by atoms with Gasteiger partial charge in [0.2, 0.25) is 0 Å². The molecule has 0 bridgehead atoms. The van der Waals surface area contributed by atoms with Crippen molar-refractivity contribution >= 4 is 11.7 Å². The van der Waals surface area contributed by atoms with E-state index in [9.17, 15) is 13.6 Å². The van der Waals surface area contributed by atoms with Crippen molar-refractivity contribution < 1.29 is 13.6 Å². The lowest BCUT2D eigenvalue weighted by Crippen LogP contribution is -2.15. The van der Waals surface area contributed by atoms with Gasteiger partial charge >= 0.3 is 0 Å². The van der Waals surface area contributed by atoms with Gasteiger partial charge in [-0.05, 0) is 36.8 Å². The minimum absolute atomic E-state index is 0.325. The van der Waals surface area contributed by atoms with E-state index in [0.717, 1.165) is 23.8 Å². The molecule has 92 valence electrons. The molecule has 0 radical (unpaired) electrons. The summed E-state index contributed by atoms with van der Waals surface area (Å²) < 4.78 is 26.3. The summed E-state index contributed by atoms with van der Waals surface area (Å²) in [6.45, 7) is 1.75. The molecule has 1 aromatic heterocycles. The average Bonchev–Trinajstić information content (AvgIpc) is 2.35. The van der Waals surface area contributed by atoms with E-state index < -0.39 is 17.5 Å². The lowest BCUT2D eigenvalue weighted by Gasteiger charge is -2.07. The van der Waals surface area contributed by atoms with E-state index in [2.05, 4.69) is 10.3 Å². The maximum atomic E-state index is 13.4. The van der Waals surface area contributed by atoms with Gasteiger partial charge in [-0.15, -0.1) is 0 Å². The Balaban J connectivity index is 2.28. The Morgan fingerprint density at radius 3 is 2.78 bits per heavy atom. The summed E-state index contributed by atoms with van der Waals surface area (Å²) in [7, 11) is 0. The quantitative estimate of drug-likeness (QED) is 0.887. The van der Waals surface area contributed by atoms with Crippen molar-refractivity contribution in [3.63, 3.8) is 0 Å². The fourth-order valence-electron chi connectivity index (χ4n) is 1.46. The fraction of sp³-hybridized carbons (Fsp3) is 0.0769. The van der Waals surface area contributed by atoms with Crippen molar-refractivity contribution in [1.29, 1.82) is 0 Å². The van der Waals surface area contributed by atoms with Crippen LogP contribution in [0.2, 0.25) is 0 Å². The Bertz CT molecular complexity index is 599. The Morgan fingerprint density at radius 2 is 2.06 bits per heavy atom. The van der Waals surface area contributed by atoms with Gasteiger partial charge in [-0.25, -0.2) is 13.8 Å². The third kappa shape index (κ3) is 2.51. The van der Waals surface area contributed by atoms with Crippen LogP contribution in [0.5, 0.6) is 0 Å². The highest BCUT2D eigenvalue weighted by molar-refractivity contribution is 6.04. The van der Waals surface area contributed by atoms with Gasteiger partial charge in [-0.2, -0.15) is 0 Å². The normalized spacial score (nSPS) is 10.2. The molecule has 2 rings (SSSR count). The maximum Gasteiger partial charge on any atom is 0.259 e. The van der Waals surface area contributed by atoms with E-state index in [4.69, 9.17) is 0 Å². The maximum absolute atomic E-state index is 13.4. The molecule has 1 amide bonds. The van der Waals surface area contributed by atoms with Gasteiger partial charge in [0.15, 0.2) is 0 Å². The number of anilines is 1. The number of hydrogen-bond donors (Lipinski definition) is 1. The summed E-state index contributed by atoms with van der Waals surface area (Å²) in [5, 5.41) is 2.44. The Morgan fingerprint density at radius 1 is 1.28 bits per heavy atom. The standard InChI is InChI=1S/C13H10F2N2O/c1-8-3-2-6-16-12(8)17-13(18)10-7-9(14)4-5-11(10)15/h2-7H,1H3,(H,16,17,18). The first-order valence-corrected chi connectivity index (χ1v) is 5.26. The molecule has 0 fully saturated rings. The van der Waals surface area contributed by atoms with Crippen molar-refractivity contribution in [3.05, 3.63) is 59.3 Å². The van der Waals surface area contributed by atoms with Crippen LogP contribution < -0.4 is 5.32 Å². The predicted molar refractivity (Wildman–Crippen MR) is 63.3 cm³/mol. The highest BCUT2D eigenvalue weighted by Gasteiger charge is 2.14. The van der Waals surface area contributed by atoms with Crippen LogP contribution in [0.15, 0.2) is 36.5 Å². The third-order valence-corrected chi connectivity index (χ3v) is 2.41. The largest absolute Gasteiger partial charge is 0.306 e.